The zero-order chi connectivity index (χ0) is 13.4. The van der Waals surface area contributed by atoms with Crippen LogP contribution in [-0.2, 0) is 13.0 Å². The normalized spacial score (nSPS) is 10.4. The highest BCUT2D eigenvalue weighted by Gasteiger charge is 2.08. The summed E-state index contributed by atoms with van der Waals surface area (Å²) in [5.41, 5.74) is 2.00. The molecule has 0 amide bonds. The van der Waals surface area contributed by atoms with Gasteiger partial charge in [0.1, 0.15) is 5.82 Å². The van der Waals surface area contributed by atoms with E-state index in [1.54, 1.807) is 0 Å². The first-order valence-electron chi connectivity index (χ1n) is 6.71. The van der Waals surface area contributed by atoms with Crippen molar-refractivity contribution in [3.05, 3.63) is 36.0 Å². The highest BCUT2D eigenvalue weighted by atomic mass is 16.3. The van der Waals surface area contributed by atoms with Crippen molar-refractivity contribution in [1.29, 1.82) is 0 Å². The van der Waals surface area contributed by atoms with Crippen LogP contribution in [0.15, 0.2) is 24.8 Å². The number of hydrogen-bond acceptors (Lipinski definition) is 3. The molecule has 100 valence electrons. The lowest BCUT2D eigenvalue weighted by Crippen LogP contribution is -2.25. The van der Waals surface area contributed by atoms with Gasteiger partial charge in [-0.2, -0.15) is 0 Å². The molecule has 0 radical (unpaired) electrons. The van der Waals surface area contributed by atoms with E-state index in [9.17, 15) is 5.11 Å². The van der Waals surface area contributed by atoms with Gasteiger partial charge in [0.15, 0.2) is 0 Å². The van der Waals surface area contributed by atoms with Crippen LogP contribution in [-0.4, -0.2) is 23.2 Å². The maximum atomic E-state index is 9.33. The Bertz CT molecular complexity index is 377. The Morgan fingerprint density at radius 3 is 2.67 bits per heavy atom. The average molecular weight is 248 g/mol. The fourth-order valence-corrected chi connectivity index (χ4v) is 2.00. The first-order chi connectivity index (χ1) is 8.74. The Kier molecular flexibility index (Phi) is 6.44. The van der Waals surface area contributed by atoms with E-state index in [0.717, 1.165) is 49.4 Å². The lowest BCUT2D eigenvalue weighted by Gasteiger charge is -2.22. The van der Waals surface area contributed by atoms with Crippen molar-refractivity contribution < 1.29 is 5.11 Å². The smallest absolute Gasteiger partial charge is 0.129 e. The van der Waals surface area contributed by atoms with E-state index in [1.807, 2.05) is 18.2 Å². The molecule has 0 unspecified atom stereocenters. The van der Waals surface area contributed by atoms with Crippen molar-refractivity contribution in [2.24, 2.45) is 0 Å². The molecule has 1 aromatic rings. The van der Waals surface area contributed by atoms with Gasteiger partial charge in [0.2, 0.25) is 0 Å². The molecule has 1 aromatic heterocycles. The molecule has 0 saturated carbocycles. The van der Waals surface area contributed by atoms with Crippen molar-refractivity contribution in [1.82, 2.24) is 4.98 Å². The largest absolute Gasteiger partial charge is 0.392 e. The van der Waals surface area contributed by atoms with E-state index in [1.165, 1.54) is 0 Å². The predicted octanol–water partition coefficient (Wildman–Crippen LogP) is 2.93. The van der Waals surface area contributed by atoms with Crippen LogP contribution >= 0.6 is 0 Å². The molecule has 0 aliphatic rings. The van der Waals surface area contributed by atoms with E-state index < -0.39 is 0 Å². The van der Waals surface area contributed by atoms with Gasteiger partial charge in [-0.05, 0) is 30.5 Å². The molecule has 0 aliphatic carbocycles. The number of pyridine rings is 1. The maximum Gasteiger partial charge on any atom is 0.129 e. The van der Waals surface area contributed by atoms with Crippen LogP contribution in [0.2, 0.25) is 0 Å². The van der Waals surface area contributed by atoms with Crippen molar-refractivity contribution >= 4 is 5.82 Å². The van der Waals surface area contributed by atoms with Crippen molar-refractivity contribution in [3.63, 3.8) is 0 Å². The summed E-state index contributed by atoms with van der Waals surface area (Å²) in [6, 6.07) is 3.96. The van der Waals surface area contributed by atoms with Crippen molar-refractivity contribution in [2.45, 2.75) is 39.7 Å². The van der Waals surface area contributed by atoms with Crippen LogP contribution in [0.3, 0.4) is 0 Å². The number of nitrogens with zero attached hydrogens (tertiary/aromatic N) is 2. The zero-order valence-electron chi connectivity index (χ0n) is 11.5. The topological polar surface area (TPSA) is 36.4 Å². The minimum atomic E-state index is 0.0697. The monoisotopic (exact) mass is 248 g/mol. The van der Waals surface area contributed by atoms with Crippen LogP contribution in [0.25, 0.3) is 0 Å². The van der Waals surface area contributed by atoms with Gasteiger partial charge in [-0.15, -0.1) is 6.58 Å². The van der Waals surface area contributed by atoms with Gasteiger partial charge in [0, 0.05) is 18.8 Å². The molecule has 1 heterocycles. The van der Waals surface area contributed by atoms with E-state index in [-0.39, 0.29) is 6.61 Å². The second-order valence-corrected chi connectivity index (χ2v) is 4.47. The summed E-state index contributed by atoms with van der Waals surface area (Å²) in [4.78, 5) is 6.88. The summed E-state index contributed by atoms with van der Waals surface area (Å²) in [6.45, 7) is 9.90. The quantitative estimate of drug-likeness (QED) is 0.719. The van der Waals surface area contributed by atoms with E-state index in [0.29, 0.717) is 0 Å². The molecule has 0 aromatic carbocycles. The standard InChI is InChI=1S/C15H24N2O/c1-4-7-14-10-13(12-18)11-15(16-14)17(8-5-2)9-6-3/h5,10-11,18H,2,4,6-9,12H2,1,3H3. The highest BCUT2D eigenvalue weighted by molar-refractivity contribution is 5.43. The molecule has 1 N–H and O–H groups in total. The summed E-state index contributed by atoms with van der Waals surface area (Å²) >= 11 is 0. The number of aliphatic hydroxyl groups is 1. The number of aliphatic hydroxyl groups excluding tert-OH is 1. The molecule has 18 heavy (non-hydrogen) atoms. The highest BCUT2D eigenvalue weighted by Crippen LogP contribution is 2.17. The second-order valence-electron chi connectivity index (χ2n) is 4.47. The molecule has 0 saturated heterocycles. The van der Waals surface area contributed by atoms with Gasteiger partial charge in [0.05, 0.1) is 6.61 Å². The third-order valence-electron chi connectivity index (χ3n) is 2.78. The Morgan fingerprint density at radius 2 is 2.11 bits per heavy atom. The fourth-order valence-electron chi connectivity index (χ4n) is 2.00. The Balaban J connectivity index is 3.02. The molecular weight excluding hydrogens is 224 g/mol. The molecule has 0 spiro atoms. The molecule has 3 nitrogen and oxygen atoms in total. The summed E-state index contributed by atoms with van der Waals surface area (Å²) < 4.78 is 0. The van der Waals surface area contributed by atoms with E-state index in [4.69, 9.17) is 0 Å². The minimum Gasteiger partial charge on any atom is -0.392 e. The number of aryl methyl sites for hydroxylation is 1. The first kappa shape index (κ1) is 14.7. The van der Waals surface area contributed by atoms with Crippen LogP contribution in [0.1, 0.15) is 37.9 Å². The summed E-state index contributed by atoms with van der Waals surface area (Å²) in [6.07, 6.45) is 4.98. The molecule has 0 atom stereocenters. The average Bonchev–Trinajstić information content (AvgIpc) is 2.38. The third-order valence-corrected chi connectivity index (χ3v) is 2.78. The van der Waals surface area contributed by atoms with Gasteiger partial charge in [-0.1, -0.05) is 26.3 Å². The molecule has 3 heteroatoms. The Morgan fingerprint density at radius 1 is 1.33 bits per heavy atom. The number of hydrogen-bond donors (Lipinski definition) is 1. The molecule has 1 rings (SSSR count). The zero-order valence-corrected chi connectivity index (χ0v) is 11.5. The number of aromatic nitrogens is 1. The Hall–Kier alpha value is -1.35. The van der Waals surface area contributed by atoms with Crippen molar-refractivity contribution in [3.8, 4) is 0 Å². The molecule has 0 aliphatic heterocycles. The lowest BCUT2D eigenvalue weighted by atomic mass is 10.1. The van der Waals surface area contributed by atoms with Crippen molar-refractivity contribution in [2.75, 3.05) is 18.0 Å². The Labute approximate surface area is 110 Å². The maximum absolute atomic E-state index is 9.33. The van der Waals surface area contributed by atoms with E-state index >= 15 is 0 Å². The molecule has 0 fully saturated rings. The molecular formula is C15H24N2O. The van der Waals surface area contributed by atoms with Crippen LogP contribution in [0.5, 0.6) is 0 Å². The van der Waals surface area contributed by atoms with Gasteiger partial charge < -0.3 is 10.0 Å². The van der Waals surface area contributed by atoms with Gasteiger partial charge in [-0.3, -0.25) is 0 Å². The first-order valence-corrected chi connectivity index (χ1v) is 6.71. The second kappa shape index (κ2) is 7.88. The van der Waals surface area contributed by atoms with Crippen LogP contribution < -0.4 is 4.90 Å². The summed E-state index contributed by atoms with van der Waals surface area (Å²) in [7, 11) is 0. The number of anilines is 1. The third kappa shape index (κ3) is 4.15. The predicted molar refractivity (Wildman–Crippen MR) is 76.9 cm³/mol. The number of rotatable bonds is 8. The van der Waals surface area contributed by atoms with Gasteiger partial charge >= 0.3 is 0 Å². The minimum absolute atomic E-state index is 0.0697. The van der Waals surface area contributed by atoms with Crippen LogP contribution in [0.4, 0.5) is 5.82 Å². The van der Waals surface area contributed by atoms with Crippen LogP contribution in [0, 0.1) is 0 Å². The SMILES string of the molecule is C=CCN(CCC)c1cc(CO)cc(CCC)n1. The molecule has 0 bridgehead atoms. The van der Waals surface area contributed by atoms with Gasteiger partial charge in [-0.25, -0.2) is 4.98 Å². The lowest BCUT2D eigenvalue weighted by molar-refractivity contribution is 0.281. The fraction of sp³-hybridized carbons (Fsp3) is 0.533. The van der Waals surface area contributed by atoms with E-state index in [2.05, 4.69) is 30.3 Å². The summed E-state index contributed by atoms with van der Waals surface area (Å²) in [5.74, 6) is 0.951. The summed E-state index contributed by atoms with van der Waals surface area (Å²) in [5, 5.41) is 9.33. The van der Waals surface area contributed by atoms with Gasteiger partial charge in [0.25, 0.3) is 0 Å².